The van der Waals surface area contributed by atoms with Gasteiger partial charge in [0.1, 0.15) is 6.10 Å². The van der Waals surface area contributed by atoms with Crippen molar-refractivity contribution in [1.82, 2.24) is 0 Å². The highest BCUT2D eigenvalue weighted by atomic mass is 16.5. The van der Waals surface area contributed by atoms with E-state index in [2.05, 4.69) is 24.3 Å². The van der Waals surface area contributed by atoms with Gasteiger partial charge in [0, 0.05) is 12.8 Å². The molecule has 5 atom stereocenters. The molecule has 0 amide bonds. The average molecular weight is 218 g/mol. The molecule has 3 aliphatic carbocycles. The van der Waals surface area contributed by atoms with Crippen LogP contribution in [-0.2, 0) is 9.53 Å². The number of carbonyl (C=O) groups is 1. The van der Waals surface area contributed by atoms with Crippen molar-refractivity contribution in [3.63, 3.8) is 0 Å². The second-order valence-electron chi connectivity index (χ2n) is 5.27. The van der Waals surface area contributed by atoms with E-state index in [1.807, 2.05) is 0 Å². The summed E-state index contributed by atoms with van der Waals surface area (Å²) in [4.78, 5) is 11.1. The Bertz CT molecular complexity index is 356. The van der Waals surface area contributed by atoms with Crippen LogP contribution in [-0.4, -0.2) is 12.1 Å². The molecule has 0 aromatic carbocycles. The molecule has 0 spiro atoms. The maximum absolute atomic E-state index is 11.1. The van der Waals surface area contributed by atoms with Crippen LogP contribution in [0, 0.1) is 23.7 Å². The van der Waals surface area contributed by atoms with Crippen LogP contribution < -0.4 is 0 Å². The van der Waals surface area contributed by atoms with Crippen molar-refractivity contribution in [2.45, 2.75) is 32.3 Å². The molecular weight excluding hydrogens is 200 g/mol. The van der Waals surface area contributed by atoms with Gasteiger partial charge < -0.3 is 4.74 Å². The van der Waals surface area contributed by atoms with Crippen LogP contribution >= 0.6 is 0 Å². The summed E-state index contributed by atoms with van der Waals surface area (Å²) in [5.74, 6) is 2.50. The lowest BCUT2D eigenvalue weighted by Gasteiger charge is -2.31. The zero-order valence-corrected chi connectivity index (χ0v) is 9.63. The summed E-state index contributed by atoms with van der Waals surface area (Å²) in [6.45, 7) is 1.51. The summed E-state index contributed by atoms with van der Waals surface area (Å²) in [7, 11) is 0. The maximum Gasteiger partial charge on any atom is 0.303 e. The topological polar surface area (TPSA) is 26.3 Å². The molecule has 3 aliphatic rings. The zero-order valence-electron chi connectivity index (χ0n) is 9.63. The minimum atomic E-state index is -0.151. The molecule has 1 saturated carbocycles. The van der Waals surface area contributed by atoms with E-state index in [9.17, 15) is 4.79 Å². The Morgan fingerprint density at radius 3 is 2.88 bits per heavy atom. The van der Waals surface area contributed by atoms with E-state index in [0.717, 1.165) is 18.3 Å². The van der Waals surface area contributed by atoms with E-state index in [0.29, 0.717) is 11.8 Å². The van der Waals surface area contributed by atoms with Gasteiger partial charge in [0.25, 0.3) is 0 Å². The lowest BCUT2D eigenvalue weighted by molar-refractivity contribution is -0.147. The first-order valence-electron chi connectivity index (χ1n) is 6.28. The monoisotopic (exact) mass is 218 g/mol. The van der Waals surface area contributed by atoms with Crippen LogP contribution in [0.5, 0.6) is 0 Å². The molecule has 0 radical (unpaired) electrons. The van der Waals surface area contributed by atoms with Gasteiger partial charge >= 0.3 is 5.97 Å². The number of carbonyl (C=O) groups excluding carboxylic acids is 1. The number of hydrogen-bond acceptors (Lipinski definition) is 2. The Kier molecular flexibility index (Phi) is 2.38. The Morgan fingerprint density at radius 2 is 2.06 bits per heavy atom. The van der Waals surface area contributed by atoms with Crippen LogP contribution in [0.2, 0.25) is 0 Å². The van der Waals surface area contributed by atoms with Gasteiger partial charge in [-0.25, -0.2) is 0 Å². The van der Waals surface area contributed by atoms with Crippen LogP contribution in [0.15, 0.2) is 24.3 Å². The molecule has 86 valence electrons. The summed E-state index contributed by atoms with van der Waals surface area (Å²) in [5.41, 5.74) is 0. The van der Waals surface area contributed by atoms with Gasteiger partial charge in [-0.2, -0.15) is 0 Å². The molecule has 0 aliphatic heterocycles. The SMILES string of the molecule is CC(=O)O[C@@H]1C=CCC[C@H]2[C@@H]1[C@H]1C=C[C@@H]2C1. The number of esters is 1. The number of ether oxygens (including phenoxy) is 1. The largest absolute Gasteiger partial charge is 0.458 e. The summed E-state index contributed by atoms with van der Waals surface area (Å²) < 4.78 is 5.48. The van der Waals surface area contributed by atoms with Crippen molar-refractivity contribution in [3.8, 4) is 0 Å². The van der Waals surface area contributed by atoms with E-state index in [1.165, 1.54) is 19.8 Å². The Morgan fingerprint density at radius 1 is 1.25 bits per heavy atom. The molecule has 0 heterocycles. The number of rotatable bonds is 1. The molecule has 0 N–H and O–H groups in total. The predicted octanol–water partition coefficient (Wildman–Crippen LogP) is 2.71. The highest BCUT2D eigenvalue weighted by Gasteiger charge is 2.48. The maximum atomic E-state index is 11.1. The minimum absolute atomic E-state index is 0.0185. The molecule has 2 nitrogen and oxygen atoms in total. The third-order valence-corrected chi connectivity index (χ3v) is 4.36. The summed E-state index contributed by atoms with van der Waals surface area (Å²) in [5, 5.41) is 0. The van der Waals surface area contributed by atoms with Gasteiger partial charge in [-0.15, -0.1) is 0 Å². The van der Waals surface area contributed by atoms with Crippen molar-refractivity contribution >= 4 is 5.97 Å². The van der Waals surface area contributed by atoms with Crippen molar-refractivity contribution in [1.29, 1.82) is 0 Å². The third kappa shape index (κ3) is 1.51. The van der Waals surface area contributed by atoms with Crippen LogP contribution in [0.3, 0.4) is 0 Å². The second kappa shape index (κ2) is 3.76. The van der Waals surface area contributed by atoms with Crippen molar-refractivity contribution in [2.24, 2.45) is 23.7 Å². The molecule has 2 heteroatoms. The van der Waals surface area contributed by atoms with Crippen LogP contribution in [0.1, 0.15) is 26.2 Å². The van der Waals surface area contributed by atoms with E-state index in [-0.39, 0.29) is 12.1 Å². The molecule has 0 unspecified atom stereocenters. The molecule has 0 aromatic rings. The van der Waals surface area contributed by atoms with Crippen LogP contribution in [0.4, 0.5) is 0 Å². The molecule has 3 rings (SSSR count). The molecule has 16 heavy (non-hydrogen) atoms. The van der Waals surface area contributed by atoms with Gasteiger partial charge in [-0.3, -0.25) is 4.79 Å². The Labute approximate surface area is 96.4 Å². The fourth-order valence-electron chi connectivity index (χ4n) is 3.81. The number of fused-ring (bicyclic) bond motifs is 5. The van der Waals surface area contributed by atoms with Gasteiger partial charge in [-0.05, 0) is 43.1 Å². The molecule has 0 saturated heterocycles. The predicted molar refractivity (Wildman–Crippen MR) is 61.6 cm³/mol. The Hall–Kier alpha value is -1.05. The van der Waals surface area contributed by atoms with Gasteiger partial charge in [0.05, 0.1) is 0 Å². The van der Waals surface area contributed by atoms with Crippen molar-refractivity contribution < 1.29 is 9.53 Å². The second-order valence-corrected chi connectivity index (χ2v) is 5.27. The molecule has 1 fully saturated rings. The summed E-state index contributed by atoms with van der Waals surface area (Å²) >= 11 is 0. The fourth-order valence-corrected chi connectivity index (χ4v) is 3.81. The van der Waals surface area contributed by atoms with E-state index in [4.69, 9.17) is 4.74 Å². The first-order chi connectivity index (χ1) is 7.75. The minimum Gasteiger partial charge on any atom is -0.458 e. The van der Waals surface area contributed by atoms with E-state index in [1.54, 1.807) is 0 Å². The number of allylic oxidation sites excluding steroid dienone is 3. The standard InChI is InChI=1S/C14H18O2/c1-9(15)16-13-5-3-2-4-12-10-6-7-11(8-10)14(12)13/h3,5-7,10-14H,2,4,8H2,1H3/t10-,11+,12-,13-,14+/m1/s1. The zero-order chi connectivity index (χ0) is 11.1. The lowest BCUT2D eigenvalue weighted by Crippen LogP contribution is -2.32. The van der Waals surface area contributed by atoms with Crippen LogP contribution in [0.25, 0.3) is 0 Å². The normalized spacial score (nSPS) is 44.2. The smallest absolute Gasteiger partial charge is 0.303 e. The highest BCUT2D eigenvalue weighted by molar-refractivity contribution is 5.66. The molecule has 0 aromatic heterocycles. The van der Waals surface area contributed by atoms with E-state index < -0.39 is 0 Å². The van der Waals surface area contributed by atoms with Gasteiger partial charge in [-0.1, -0.05) is 18.2 Å². The highest BCUT2D eigenvalue weighted by Crippen LogP contribution is 2.52. The summed E-state index contributed by atoms with van der Waals surface area (Å²) in [6.07, 6.45) is 12.7. The lowest BCUT2D eigenvalue weighted by atomic mass is 9.78. The first-order valence-corrected chi connectivity index (χ1v) is 6.28. The quantitative estimate of drug-likeness (QED) is 0.499. The molecular formula is C14H18O2. The van der Waals surface area contributed by atoms with Gasteiger partial charge in [0.15, 0.2) is 0 Å². The Balaban J connectivity index is 1.86. The first kappa shape index (κ1) is 10.1. The van der Waals surface area contributed by atoms with Gasteiger partial charge in [0.2, 0.25) is 0 Å². The molecule has 2 bridgehead atoms. The van der Waals surface area contributed by atoms with E-state index >= 15 is 0 Å². The number of hydrogen-bond donors (Lipinski definition) is 0. The average Bonchev–Trinajstić information content (AvgIpc) is 2.76. The third-order valence-electron chi connectivity index (χ3n) is 4.36. The summed E-state index contributed by atoms with van der Waals surface area (Å²) in [6, 6.07) is 0. The van der Waals surface area contributed by atoms with Crippen molar-refractivity contribution in [2.75, 3.05) is 0 Å². The van der Waals surface area contributed by atoms with Crippen molar-refractivity contribution in [3.05, 3.63) is 24.3 Å². The fraction of sp³-hybridized carbons (Fsp3) is 0.643.